The van der Waals surface area contributed by atoms with Crippen molar-refractivity contribution < 1.29 is 4.74 Å². The van der Waals surface area contributed by atoms with Crippen LogP contribution in [0.1, 0.15) is 56.8 Å². The molecule has 1 aliphatic rings. The lowest BCUT2D eigenvalue weighted by Gasteiger charge is -2.11. The normalized spacial score (nSPS) is 15.6. The molecule has 0 radical (unpaired) electrons. The molecule has 1 aromatic rings. The van der Waals surface area contributed by atoms with E-state index in [2.05, 4.69) is 56.0 Å². The lowest BCUT2D eigenvalue weighted by Crippen LogP contribution is -2.12. The van der Waals surface area contributed by atoms with Gasteiger partial charge in [0.25, 0.3) is 0 Å². The van der Waals surface area contributed by atoms with Gasteiger partial charge in [-0.3, -0.25) is 4.98 Å². The molecule has 0 saturated heterocycles. The van der Waals surface area contributed by atoms with Gasteiger partial charge in [0, 0.05) is 19.3 Å². The first-order valence-corrected chi connectivity index (χ1v) is 7.66. The summed E-state index contributed by atoms with van der Waals surface area (Å²) in [4.78, 5) is 6.70. The van der Waals surface area contributed by atoms with E-state index in [1.54, 1.807) is 7.11 Å². The van der Waals surface area contributed by atoms with Gasteiger partial charge in [-0.05, 0) is 45.0 Å². The fraction of sp³-hybridized carbons (Fsp3) is 0.706. The Morgan fingerprint density at radius 2 is 1.90 bits per heavy atom. The molecule has 0 amide bonds. The zero-order chi connectivity index (χ0) is 15.0. The first-order chi connectivity index (χ1) is 9.52. The summed E-state index contributed by atoms with van der Waals surface area (Å²) in [7, 11) is 5.92. The average molecular weight is 278 g/mol. The monoisotopic (exact) mass is 278 g/mol. The predicted octanol–water partition coefficient (Wildman–Crippen LogP) is 3.84. The fourth-order valence-electron chi connectivity index (χ4n) is 2.36. The van der Waals surface area contributed by atoms with Crippen molar-refractivity contribution in [2.24, 2.45) is 0 Å². The molecule has 1 fully saturated rings. The molecule has 0 unspecified atom stereocenters. The van der Waals surface area contributed by atoms with Gasteiger partial charge in [-0.2, -0.15) is 0 Å². The summed E-state index contributed by atoms with van der Waals surface area (Å²) in [5, 5.41) is 0. The Morgan fingerprint density at radius 3 is 2.35 bits per heavy atom. The molecular formula is C17H30N2O. The molecule has 0 aromatic carbocycles. The number of nitrogens with zero attached hydrogens (tertiary/aromatic N) is 2. The second-order valence-corrected chi connectivity index (χ2v) is 6.09. The average Bonchev–Trinajstić information content (AvgIpc) is 2.92. The summed E-state index contributed by atoms with van der Waals surface area (Å²) in [5.41, 5.74) is 2.33. The van der Waals surface area contributed by atoms with Crippen molar-refractivity contribution in [1.82, 2.24) is 9.88 Å². The third-order valence-electron chi connectivity index (χ3n) is 3.53. The Kier molecular flexibility index (Phi) is 7.78. The summed E-state index contributed by atoms with van der Waals surface area (Å²) in [5.74, 6) is 0.516. The summed E-state index contributed by atoms with van der Waals surface area (Å²) in [6.45, 7) is 5.25. The van der Waals surface area contributed by atoms with Crippen LogP contribution in [0.3, 0.4) is 0 Å². The zero-order valence-electron chi connectivity index (χ0n) is 13.7. The molecule has 114 valence electrons. The van der Waals surface area contributed by atoms with Crippen molar-refractivity contribution in [1.29, 1.82) is 0 Å². The molecule has 1 aliphatic carbocycles. The molecule has 0 spiro atoms. The van der Waals surface area contributed by atoms with Gasteiger partial charge in [0.1, 0.15) is 0 Å². The van der Waals surface area contributed by atoms with E-state index in [1.807, 2.05) is 0 Å². The van der Waals surface area contributed by atoms with Crippen LogP contribution in [0.4, 0.5) is 0 Å². The highest BCUT2D eigenvalue weighted by atomic mass is 16.5. The van der Waals surface area contributed by atoms with Crippen LogP contribution in [0.2, 0.25) is 0 Å². The second kappa shape index (κ2) is 9.09. The van der Waals surface area contributed by atoms with Gasteiger partial charge in [0.15, 0.2) is 0 Å². The van der Waals surface area contributed by atoms with Crippen LogP contribution in [0.25, 0.3) is 0 Å². The van der Waals surface area contributed by atoms with Crippen molar-refractivity contribution >= 4 is 0 Å². The number of aromatic nitrogens is 1. The summed E-state index contributed by atoms with van der Waals surface area (Å²) in [6, 6.07) is 6.25. The first-order valence-electron chi connectivity index (χ1n) is 7.66. The molecule has 0 aliphatic heterocycles. The Hall–Kier alpha value is -0.930. The van der Waals surface area contributed by atoms with Gasteiger partial charge >= 0.3 is 0 Å². The Bertz CT molecular complexity index is 371. The van der Waals surface area contributed by atoms with Gasteiger partial charge < -0.3 is 9.64 Å². The van der Waals surface area contributed by atoms with Crippen molar-refractivity contribution in [3.63, 3.8) is 0 Å². The number of methoxy groups -OCH3 is 1. The number of hydrogen-bond acceptors (Lipinski definition) is 3. The van der Waals surface area contributed by atoms with Gasteiger partial charge in [-0.1, -0.05) is 32.8 Å². The number of rotatable bonds is 4. The topological polar surface area (TPSA) is 25.4 Å². The van der Waals surface area contributed by atoms with E-state index in [-0.39, 0.29) is 0 Å². The van der Waals surface area contributed by atoms with Crippen LogP contribution in [0.5, 0.6) is 0 Å². The predicted molar refractivity (Wildman–Crippen MR) is 85.0 cm³/mol. The number of pyridine rings is 1. The van der Waals surface area contributed by atoms with Gasteiger partial charge in [-0.15, -0.1) is 0 Å². The van der Waals surface area contributed by atoms with E-state index in [0.717, 1.165) is 12.2 Å². The molecule has 1 aromatic heterocycles. The maximum absolute atomic E-state index is 5.11. The van der Waals surface area contributed by atoms with Crippen molar-refractivity contribution in [3.05, 3.63) is 29.6 Å². The smallest absolute Gasteiger partial charge is 0.0571 e. The van der Waals surface area contributed by atoms with Gasteiger partial charge in [0.05, 0.1) is 11.8 Å². The van der Waals surface area contributed by atoms with Crippen LogP contribution in [-0.4, -0.2) is 37.2 Å². The molecule has 20 heavy (non-hydrogen) atoms. The van der Waals surface area contributed by atoms with Crippen molar-refractivity contribution in [2.75, 3.05) is 21.2 Å². The van der Waals surface area contributed by atoms with Crippen LogP contribution in [-0.2, 0) is 11.3 Å². The lowest BCUT2D eigenvalue weighted by atomic mass is 10.1. The van der Waals surface area contributed by atoms with E-state index < -0.39 is 0 Å². The zero-order valence-corrected chi connectivity index (χ0v) is 13.7. The minimum atomic E-state index is 0.516. The van der Waals surface area contributed by atoms with E-state index in [4.69, 9.17) is 4.74 Å². The highest BCUT2D eigenvalue weighted by molar-refractivity contribution is 5.13. The molecule has 0 bridgehead atoms. The lowest BCUT2D eigenvalue weighted by molar-refractivity contribution is 0.109. The summed E-state index contributed by atoms with van der Waals surface area (Å²) < 4.78 is 5.11. The van der Waals surface area contributed by atoms with Gasteiger partial charge in [0.2, 0.25) is 0 Å². The summed E-state index contributed by atoms with van der Waals surface area (Å²) >= 11 is 0. The van der Waals surface area contributed by atoms with Crippen LogP contribution < -0.4 is 0 Å². The van der Waals surface area contributed by atoms with Crippen LogP contribution in [0.15, 0.2) is 18.2 Å². The molecule has 0 N–H and O–H groups in total. The summed E-state index contributed by atoms with van der Waals surface area (Å²) in [6.07, 6.45) is 5.92. The Morgan fingerprint density at radius 1 is 1.25 bits per heavy atom. The van der Waals surface area contributed by atoms with E-state index in [9.17, 15) is 0 Å². The molecule has 1 heterocycles. The molecule has 3 heteroatoms. The maximum Gasteiger partial charge on any atom is 0.0571 e. The highest BCUT2D eigenvalue weighted by Gasteiger charge is 2.12. The highest BCUT2D eigenvalue weighted by Crippen LogP contribution is 2.19. The first kappa shape index (κ1) is 17.1. The molecule has 3 nitrogen and oxygen atoms in total. The minimum Gasteiger partial charge on any atom is -0.381 e. The molecule has 0 atom stereocenters. The second-order valence-electron chi connectivity index (χ2n) is 6.09. The van der Waals surface area contributed by atoms with Crippen LogP contribution in [0, 0.1) is 0 Å². The molecule has 2 rings (SSSR count). The standard InChI is InChI=1S/C11H18N2.C6H12O/c1-9(2)11-7-5-6-10(12-11)8-13(3)4;1-7-6-4-2-3-5-6/h5-7,9H,8H2,1-4H3;6H,2-5H2,1H3. The molecular weight excluding hydrogens is 248 g/mol. The quantitative estimate of drug-likeness (QED) is 0.836. The largest absolute Gasteiger partial charge is 0.381 e. The Labute approximate surface area is 124 Å². The SMILES string of the molecule is CC(C)c1cccc(CN(C)C)n1.COC1CCCC1. The van der Waals surface area contributed by atoms with E-state index in [0.29, 0.717) is 12.0 Å². The van der Waals surface area contributed by atoms with Crippen molar-refractivity contribution in [3.8, 4) is 0 Å². The maximum atomic E-state index is 5.11. The number of hydrogen-bond donors (Lipinski definition) is 0. The number of ether oxygens (including phenoxy) is 1. The minimum absolute atomic E-state index is 0.516. The van der Waals surface area contributed by atoms with Crippen molar-refractivity contribution in [2.45, 2.75) is 58.1 Å². The molecule has 1 saturated carbocycles. The van der Waals surface area contributed by atoms with E-state index in [1.165, 1.54) is 31.4 Å². The van der Waals surface area contributed by atoms with Crippen LogP contribution >= 0.6 is 0 Å². The third kappa shape index (κ3) is 6.49. The third-order valence-corrected chi connectivity index (χ3v) is 3.53. The van der Waals surface area contributed by atoms with Gasteiger partial charge in [-0.25, -0.2) is 0 Å². The fourth-order valence-corrected chi connectivity index (χ4v) is 2.36. The Balaban J connectivity index is 0.000000240. The van der Waals surface area contributed by atoms with E-state index >= 15 is 0 Å².